The second-order valence-electron chi connectivity index (χ2n) is 12.5. The summed E-state index contributed by atoms with van der Waals surface area (Å²) in [7, 11) is 0. The Balaban J connectivity index is 1.16. The molecule has 1 nitrogen and oxygen atoms in total. The van der Waals surface area contributed by atoms with Crippen LogP contribution in [0.4, 0.5) is 11.4 Å². The molecule has 0 aliphatic heterocycles. The highest BCUT2D eigenvalue weighted by Gasteiger charge is 2.20. The fraction of sp³-hybridized carbons (Fsp3) is 0.0435. The highest BCUT2D eigenvalue weighted by atomic mass is 32.1. The number of rotatable bonds is 5. The van der Waals surface area contributed by atoms with Crippen LogP contribution < -0.4 is 4.90 Å². The van der Waals surface area contributed by atoms with Crippen molar-refractivity contribution in [1.82, 2.24) is 0 Å². The minimum atomic E-state index is 1.13. The van der Waals surface area contributed by atoms with E-state index in [1.54, 1.807) is 0 Å². The van der Waals surface area contributed by atoms with Gasteiger partial charge in [-0.05, 0) is 82.4 Å². The molecule has 1 heterocycles. The second-order valence-corrected chi connectivity index (χ2v) is 13.6. The highest BCUT2D eigenvalue weighted by Crippen LogP contribution is 2.43. The molecule has 0 atom stereocenters. The Kier molecular flexibility index (Phi) is 6.85. The lowest BCUT2D eigenvalue weighted by Gasteiger charge is -2.30. The largest absolute Gasteiger partial charge is 0.310 e. The van der Waals surface area contributed by atoms with Crippen LogP contribution in [-0.4, -0.2) is 0 Å². The maximum absolute atomic E-state index is 2.41. The van der Waals surface area contributed by atoms with Crippen molar-refractivity contribution in [3.8, 4) is 11.1 Å². The molecule has 9 rings (SSSR count). The quantitative estimate of drug-likeness (QED) is 0.171. The Morgan fingerprint density at radius 1 is 0.542 bits per heavy atom. The zero-order valence-electron chi connectivity index (χ0n) is 26.9. The van der Waals surface area contributed by atoms with Gasteiger partial charge in [-0.15, -0.1) is 11.3 Å². The van der Waals surface area contributed by atoms with Gasteiger partial charge in [-0.2, -0.15) is 0 Å². The van der Waals surface area contributed by atoms with Crippen LogP contribution in [0.15, 0.2) is 164 Å². The summed E-state index contributed by atoms with van der Waals surface area (Å²) in [5, 5.41) is 10.4. The van der Waals surface area contributed by atoms with Gasteiger partial charge in [-0.3, -0.25) is 0 Å². The monoisotopic (exact) mass is 631 g/mol. The lowest BCUT2D eigenvalue weighted by molar-refractivity contribution is 1.27. The average molecular weight is 632 g/mol. The molecule has 2 heteroatoms. The van der Waals surface area contributed by atoms with E-state index in [1.165, 1.54) is 86.1 Å². The van der Waals surface area contributed by atoms with Crippen molar-refractivity contribution in [2.24, 2.45) is 0 Å². The van der Waals surface area contributed by atoms with E-state index < -0.39 is 0 Å². The molecule has 1 aromatic heterocycles. The van der Waals surface area contributed by atoms with Gasteiger partial charge >= 0.3 is 0 Å². The Morgan fingerprint density at radius 2 is 1.23 bits per heavy atom. The van der Waals surface area contributed by atoms with Crippen LogP contribution in [0.25, 0.3) is 69.3 Å². The molecule has 0 fully saturated rings. The van der Waals surface area contributed by atoms with Crippen LogP contribution in [0.5, 0.6) is 0 Å². The second kappa shape index (κ2) is 11.5. The van der Waals surface area contributed by atoms with Crippen molar-refractivity contribution in [3.63, 3.8) is 0 Å². The molecule has 8 aromatic carbocycles. The number of aryl methyl sites for hydroxylation is 1. The van der Waals surface area contributed by atoms with Crippen LogP contribution in [-0.2, 0) is 0 Å². The minimum Gasteiger partial charge on any atom is -0.310 e. The maximum atomic E-state index is 2.41. The van der Waals surface area contributed by atoms with E-state index in [9.17, 15) is 0 Å². The van der Waals surface area contributed by atoms with E-state index in [0.29, 0.717) is 0 Å². The van der Waals surface area contributed by atoms with Crippen molar-refractivity contribution >= 4 is 80.9 Å². The molecule has 0 N–H and O–H groups in total. The first kappa shape index (κ1) is 28.5. The molecule has 9 aromatic rings. The van der Waals surface area contributed by atoms with Crippen LogP contribution in [0.2, 0.25) is 0 Å². The standard InChI is InChI=1S/C46H33NS/c1-3-42(37-14-6-4-11-30(37)2)47(43-17-10-13-32-12-5-7-15-38(32)43)36-25-21-31(22-26-36)34-24-27-39-35(29-34)20-19-33-23-28-41-40-16-8-9-18-44(40)48-46(41)45(33)39/h3-29H,1-2H3/b42-3+. The molecule has 0 unspecified atom stereocenters. The molecular formula is C46H33NS. The zero-order chi connectivity index (χ0) is 32.2. The van der Waals surface area contributed by atoms with E-state index in [1.807, 2.05) is 11.3 Å². The van der Waals surface area contributed by atoms with Gasteiger partial charge in [-0.1, -0.05) is 133 Å². The smallest absolute Gasteiger partial charge is 0.0540 e. The summed E-state index contributed by atoms with van der Waals surface area (Å²) in [5.74, 6) is 0. The average Bonchev–Trinajstić information content (AvgIpc) is 3.53. The summed E-state index contributed by atoms with van der Waals surface area (Å²) < 4.78 is 2.72. The van der Waals surface area contributed by atoms with Gasteiger partial charge in [0.2, 0.25) is 0 Å². The lowest BCUT2D eigenvalue weighted by atomic mass is 9.96. The van der Waals surface area contributed by atoms with Gasteiger partial charge in [-0.25, -0.2) is 0 Å². The normalized spacial score (nSPS) is 12.1. The van der Waals surface area contributed by atoms with E-state index in [0.717, 1.165) is 5.69 Å². The minimum absolute atomic E-state index is 1.13. The summed E-state index contributed by atoms with van der Waals surface area (Å²) in [6, 6.07) is 57.8. The Morgan fingerprint density at radius 3 is 2.08 bits per heavy atom. The van der Waals surface area contributed by atoms with Crippen molar-refractivity contribution in [2.45, 2.75) is 13.8 Å². The highest BCUT2D eigenvalue weighted by molar-refractivity contribution is 7.26. The summed E-state index contributed by atoms with van der Waals surface area (Å²) in [6.07, 6.45) is 2.24. The summed E-state index contributed by atoms with van der Waals surface area (Å²) in [6.45, 7) is 4.33. The SMILES string of the molecule is C/C=C(\c1ccccc1C)N(c1ccc(-c2ccc3c(ccc4ccc5c6ccccc6sc5c43)c2)cc1)c1cccc2ccccc12. The van der Waals surface area contributed by atoms with Gasteiger partial charge < -0.3 is 4.90 Å². The molecule has 0 aliphatic carbocycles. The number of fused-ring (bicyclic) bond motifs is 8. The van der Waals surface area contributed by atoms with Crippen molar-refractivity contribution in [3.05, 3.63) is 175 Å². The molecule has 0 saturated heterocycles. The Hall–Kier alpha value is -5.70. The molecule has 48 heavy (non-hydrogen) atoms. The fourth-order valence-corrected chi connectivity index (χ4v) is 8.66. The third kappa shape index (κ3) is 4.60. The van der Waals surface area contributed by atoms with E-state index in [2.05, 4.69) is 183 Å². The van der Waals surface area contributed by atoms with Crippen molar-refractivity contribution < 1.29 is 0 Å². The van der Waals surface area contributed by atoms with Crippen molar-refractivity contribution in [2.75, 3.05) is 4.90 Å². The van der Waals surface area contributed by atoms with Gasteiger partial charge in [0.05, 0.1) is 5.69 Å². The van der Waals surface area contributed by atoms with Crippen LogP contribution in [0.3, 0.4) is 0 Å². The van der Waals surface area contributed by atoms with Crippen molar-refractivity contribution in [1.29, 1.82) is 0 Å². The molecule has 0 spiro atoms. The number of hydrogen-bond acceptors (Lipinski definition) is 2. The predicted octanol–water partition coefficient (Wildman–Crippen LogP) is 13.7. The maximum Gasteiger partial charge on any atom is 0.0540 e. The molecule has 0 saturated carbocycles. The number of nitrogens with zero attached hydrogens (tertiary/aromatic N) is 1. The molecule has 0 radical (unpaired) electrons. The van der Waals surface area contributed by atoms with E-state index in [-0.39, 0.29) is 0 Å². The summed E-state index contributed by atoms with van der Waals surface area (Å²) in [5.41, 5.74) is 8.38. The fourth-order valence-electron chi connectivity index (χ4n) is 7.39. The third-order valence-electron chi connectivity index (χ3n) is 9.74. The summed E-state index contributed by atoms with van der Waals surface area (Å²) in [4.78, 5) is 2.41. The number of hydrogen-bond donors (Lipinski definition) is 0. The van der Waals surface area contributed by atoms with Gasteiger partial charge in [0, 0.05) is 47.9 Å². The van der Waals surface area contributed by atoms with Gasteiger partial charge in [0.15, 0.2) is 0 Å². The zero-order valence-corrected chi connectivity index (χ0v) is 27.8. The van der Waals surface area contributed by atoms with Gasteiger partial charge in [0.25, 0.3) is 0 Å². The first-order valence-electron chi connectivity index (χ1n) is 16.6. The number of allylic oxidation sites excluding steroid dienone is 1. The van der Waals surface area contributed by atoms with Gasteiger partial charge in [0.1, 0.15) is 0 Å². The van der Waals surface area contributed by atoms with Crippen LogP contribution in [0, 0.1) is 6.92 Å². The molecular weight excluding hydrogens is 599 g/mol. The topological polar surface area (TPSA) is 3.24 Å². The predicted molar refractivity (Wildman–Crippen MR) is 211 cm³/mol. The summed E-state index contributed by atoms with van der Waals surface area (Å²) >= 11 is 1.90. The van der Waals surface area contributed by atoms with Crippen LogP contribution in [0.1, 0.15) is 18.1 Å². The first-order valence-corrected chi connectivity index (χ1v) is 17.4. The Labute approximate surface area is 284 Å². The van der Waals surface area contributed by atoms with E-state index >= 15 is 0 Å². The van der Waals surface area contributed by atoms with Crippen LogP contribution >= 0.6 is 11.3 Å². The molecule has 0 amide bonds. The first-order chi connectivity index (χ1) is 23.7. The molecule has 0 bridgehead atoms. The molecule has 228 valence electrons. The Bertz CT molecular complexity index is 2690. The number of thiophene rings is 1. The number of benzene rings is 8. The molecule has 0 aliphatic rings. The third-order valence-corrected chi connectivity index (χ3v) is 10.9. The van der Waals surface area contributed by atoms with E-state index in [4.69, 9.17) is 0 Å². The number of anilines is 2. The lowest BCUT2D eigenvalue weighted by Crippen LogP contribution is -2.16.